The molecule has 126 valence electrons. The fourth-order valence-corrected chi connectivity index (χ4v) is 2.47. The van der Waals surface area contributed by atoms with E-state index in [2.05, 4.69) is 20.6 Å². The van der Waals surface area contributed by atoms with Crippen molar-refractivity contribution in [2.75, 3.05) is 5.32 Å². The lowest BCUT2D eigenvalue weighted by Crippen LogP contribution is -2.23. The molecule has 0 fully saturated rings. The van der Waals surface area contributed by atoms with Gasteiger partial charge in [0.25, 0.3) is 5.91 Å². The lowest BCUT2D eigenvalue weighted by atomic mass is 10.2. The topological polar surface area (TPSA) is 66.9 Å². The van der Waals surface area contributed by atoms with Crippen molar-refractivity contribution in [1.82, 2.24) is 15.3 Å². The molecule has 0 spiro atoms. The largest absolute Gasteiger partial charge is 0.348 e. The van der Waals surface area contributed by atoms with Gasteiger partial charge in [-0.1, -0.05) is 48.0 Å². The third-order valence-electron chi connectivity index (χ3n) is 3.70. The second-order valence-corrected chi connectivity index (χ2v) is 5.92. The van der Waals surface area contributed by atoms with Crippen LogP contribution in [0.5, 0.6) is 0 Å². The number of rotatable bonds is 5. The number of amides is 1. The Bertz CT molecular complexity index is 881. The molecular formula is C19H17ClN4O. The van der Waals surface area contributed by atoms with Crippen LogP contribution in [0.1, 0.15) is 21.5 Å². The first-order chi connectivity index (χ1) is 12.1. The smallest absolute Gasteiger partial charge is 0.254 e. The Morgan fingerprint density at radius 2 is 1.72 bits per heavy atom. The van der Waals surface area contributed by atoms with Crippen molar-refractivity contribution in [1.29, 1.82) is 0 Å². The van der Waals surface area contributed by atoms with Crippen molar-refractivity contribution in [3.63, 3.8) is 0 Å². The summed E-state index contributed by atoms with van der Waals surface area (Å²) in [7, 11) is 0. The van der Waals surface area contributed by atoms with Crippen LogP contribution in [0.3, 0.4) is 0 Å². The Morgan fingerprint density at radius 1 is 1.04 bits per heavy atom. The minimum absolute atomic E-state index is 0.248. The van der Waals surface area contributed by atoms with Gasteiger partial charge in [-0.3, -0.25) is 4.79 Å². The van der Waals surface area contributed by atoms with E-state index in [-0.39, 0.29) is 5.91 Å². The first-order valence-corrected chi connectivity index (χ1v) is 8.17. The molecule has 0 saturated carbocycles. The average molecular weight is 353 g/mol. The van der Waals surface area contributed by atoms with Gasteiger partial charge in [-0.2, -0.15) is 0 Å². The highest BCUT2D eigenvalue weighted by Crippen LogP contribution is 2.17. The van der Waals surface area contributed by atoms with E-state index >= 15 is 0 Å². The van der Waals surface area contributed by atoms with Crippen LogP contribution in [-0.4, -0.2) is 15.9 Å². The van der Waals surface area contributed by atoms with E-state index in [0.29, 0.717) is 23.1 Å². The molecule has 25 heavy (non-hydrogen) atoms. The summed E-state index contributed by atoms with van der Waals surface area (Å²) in [5.74, 6) is 0.194. The predicted octanol–water partition coefficient (Wildman–Crippen LogP) is 4.11. The van der Waals surface area contributed by atoms with Crippen LogP contribution in [-0.2, 0) is 6.54 Å². The fraction of sp³-hybridized carbons (Fsp3) is 0.105. The van der Waals surface area contributed by atoms with E-state index in [1.54, 1.807) is 6.07 Å². The van der Waals surface area contributed by atoms with Crippen LogP contribution in [0.15, 0.2) is 60.9 Å². The molecule has 0 unspecified atom stereocenters. The summed E-state index contributed by atoms with van der Waals surface area (Å²) in [6.45, 7) is 2.35. The van der Waals surface area contributed by atoms with Crippen molar-refractivity contribution in [2.24, 2.45) is 0 Å². The van der Waals surface area contributed by atoms with Crippen molar-refractivity contribution in [2.45, 2.75) is 13.5 Å². The lowest BCUT2D eigenvalue weighted by Gasteiger charge is -2.09. The number of halogens is 1. The van der Waals surface area contributed by atoms with Gasteiger partial charge >= 0.3 is 0 Å². The lowest BCUT2D eigenvalue weighted by molar-refractivity contribution is 0.0950. The van der Waals surface area contributed by atoms with Crippen LogP contribution >= 0.6 is 11.6 Å². The van der Waals surface area contributed by atoms with E-state index in [9.17, 15) is 4.79 Å². The number of nitrogens with one attached hydrogen (secondary N) is 2. The monoisotopic (exact) mass is 352 g/mol. The van der Waals surface area contributed by atoms with Gasteiger partial charge in [0.1, 0.15) is 0 Å². The summed E-state index contributed by atoms with van der Waals surface area (Å²) < 4.78 is 0. The number of carbonyl (C=O) groups excluding carboxylic acids is 1. The number of aryl methyl sites for hydroxylation is 1. The van der Waals surface area contributed by atoms with Gasteiger partial charge in [0, 0.05) is 29.6 Å². The van der Waals surface area contributed by atoms with Crippen molar-refractivity contribution < 1.29 is 4.79 Å². The Balaban J connectivity index is 1.63. The molecule has 0 aliphatic carbocycles. The number of aromatic nitrogens is 2. The van der Waals surface area contributed by atoms with Gasteiger partial charge in [0.05, 0.1) is 5.56 Å². The molecule has 2 aromatic carbocycles. The second-order valence-electron chi connectivity index (χ2n) is 5.51. The van der Waals surface area contributed by atoms with E-state index in [4.69, 9.17) is 11.6 Å². The van der Waals surface area contributed by atoms with E-state index < -0.39 is 0 Å². The highest BCUT2D eigenvalue weighted by atomic mass is 35.5. The third kappa shape index (κ3) is 4.33. The maximum Gasteiger partial charge on any atom is 0.254 e. The molecular weight excluding hydrogens is 336 g/mol. The molecule has 1 amide bonds. The van der Waals surface area contributed by atoms with Crippen molar-refractivity contribution >= 4 is 29.1 Å². The van der Waals surface area contributed by atoms with Gasteiger partial charge in [0.2, 0.25) is 5.95 Å². The van der Waals surface area contributed by atoms with Crippen LogP contribution in [0.2, 0.25) is 5.02 Å². The molecule has 6 heteroatoms. The fourth-order valence-electron chi connectivity index (χ4n) is 2.26. The molecule has 0 bridgehead atoms. The van der Waals surface area contributed by atoms with Crippen LogP contribution in [0.4, 0.5) is 11.6 Å². The van der Waals surface area contributed by atoms with Gasteiger partial charge in [0.15, 0.2) is 0 Å². The molecule has 3 aromatic rings. The second kappa shape index (κ2) is 7.77. The van der Waals surface area contributed by atoms with Crippen LogP contribution in [0.25, 0.3) is 0 Å². The van der Waals surface area contributed by atoms with Gasteiger partial charge < -0.3 is 10.6 Å². The quantitative estimate of drug-likeness (QED) is 0.725. The van der Waals surface area contributed by atoms with E-state index in [1.807, 2.05) is 49.4 Å². The van der Waals surface area contributed by atoms with E-state index in [0.717, 1.165) is 16.8 Å². The number of para-hydroxylation sites is 1. The minimum atomic E-state index is -0.248. The normalized spacial score (nSPS) is 10.3. The SMILES string of the molecule is Cc1ccccc1Nc1ncc(C(=O)NCc2ccccc2Cl)cn1. The number of benzene rings is 2. The molecule has 0 aliphatic rings. The molecule has 3 rings (SSSR count). The number of hydrogen-bond acceptors (Lipinski definition) is 4. The van der Waals surface area contributed by atoms with Gasteiger partial charge in [-0.05, 0) is 30.2 Å². The molecule has 2 N–H and O–H groups in total. The minimum Gasteiger partial charge on any atom is -0.348 e. The zero-order valence-corrected chi connectivity index (χ0v) is 14.4. The summed E-state index contributed by atoms with van der Waals surface area (Å²) in [6, 6.07) is 15.2. The Morgan fingerprint density at radius 3 is 2.44 bits per heavy atom. The van der Waals surface area contributed by atoms with Crippen LogP contribution < -0.4 is 10.6 Å². The highest BCUT2D eigenvalue weighted by molar-refractivity contribution is 6.31. The summed E-state index contributed by atoms with van der Waals surface area (Å²) in [6.07, 6.45) is 2.99. The molecule has 1 aromatic heterocycles. The maximum absolute atomic E-state index is 12.2. The summed E-state index contributed by atoms with van der Waals surface area (Å²) >= 11 is 6.08. The number of hydrogen-bond donors (Lipinski definition) is 2. The molecule has 1 heterocycles. The Hall–Kier alpha value is -2.92. The molecule has 0 saturated heterocycles. The zero-order chi connectivity index (χ0) is 17.6. The molecule has 5 nitrogen and oxygen atoms in total. The number of carbonyl (C=O) groups is 1. The zero-order valence-electron chi connectivity index (χ0n) is 13.7. The molecule has 0 atom stereocenters. The summed E-state index contributed by atoms with van der Waals surface area (Å²) in [4.78, 5) is 20.6. The van der Waals surface area contributed by atoms with Gasteiger partial charge in [-0.15, -0.1) is 0 Å². The number of anilines is 2. The first kappa shape index (κ1) is 16.9. The summed E-state index contributed by atoms with van der Waals surface area (Å²) in [5.41, 5.74) is 3.27. The van der Waals surface area contributed by atoms with Crippen LogP contribution in [0, 0.1) is 6.92 Å². The maximum atomic E-state index is 12.2. The van der Waals surface area contributed by atoms with Gasteiger partial charge in [-0.25, -0.2) is 9.97 Å². The van der Waals surface area contributed by atoms with Crippen molar-refractivity contribution in [3.8, 4) is 0 Å². The summed E-state index contributed by atoms with van der Waals surface area (Å²) in [5, 5.41) is 6.56. The predicted molar refractivity (Wildman–Crippen MR) is 99.1 cm³/mol. The number of nitrogens with zero attached hydrogens (tertiary/aromatic N) is 2. The Labute approximate surface area is 151 Å². The standard InChI is InChI=1S/C19H17ClN4O/c1-13-6-2-5-9-17(13)24-19-22-11-15(12-23-19)18(25)21-10-14-7-3-4-8-16(14)20/h2-9,11-12H,10H2,1H3,(H,21,25)(H,22,23,24). The third-order valence-corrected chi connectivity index (χ3v) is 4.07. The Kier molecular flexibility index (Phi) is 5.26. The average Bonchev–Trinajstić information content (AvgIpc) is 2.63. The first-order valence-electron chi connectivity index (χ1n) is 7.80. The highest BCUT2D eigenvalue weighted by Gasteiger charge is 2.08. The molecule has 0 radical (unpaired) electrons. The molecule has 0 aliphatic heterocycles. The van der Waals surface area contributed by atoms with Crippen molar-refractivity contribution in [3.05, 3.63) is 82.6 Å². The van der Waals surface area contributed by atoms with E-state index in [1.165, 1.54) is 12.4 Å².